The minimum Gasteiger partial charge on any atom is -0.356 e. The van der Waals surface area contributed by atoms with E-state index in [1.807, 2.05) is 0 Å². The summed E-state index contributed by atoms with van der Waals surface area (Å²) in [4.78, 5) is 2.37. The van der Waals surface area contributed by atoms with E-state index in [2.05, 4.69) is 66.5 Å². The normalized spacial score (nSPS) is 28.9. The number of hydrogen-bond acceptors (Lipinski definition) is 2. The first-order chi connectivity index (χ1) is 9.78. The average molecular weight is 265 g/mol. The third kappa shape index (κ3) is 1.72. The van der Waals surface area contributed by atoms with Crippen LogP contribution in [0.4, 0.5) is 0 Å². The molecule has 0 amide bonds. The van der Waals surface area contributed by atoms with Crippen LogP contribution in [0.1, 0.15) is 29.2 Å². The van der Waals surface area contributed by atoms with Crippen molar-refractivity contribution in [3.05, 3.63) is 71.3 Å². The Morgan fingerprint density at radius 1 is 1.05 bits per heavy atom. The molecular weight excluding hydrogens is 246 g/mol. The van der Waals surface area contributed by atoms with Gasteiger partial charge in [0, 0.05) is 13.1 Å². The fraction of sp³-hybridized carbons (Fsp3) is 0.333. The van der Waals surface area contributed by atoms with Gasteiger partial charge in [-0.1, -0.05) is 54.6 Å². The summed E-state index contributed by atoms with van der Waals surface area (Å²) < 4.78 is 6.60. The van der Waals surface area contributed by atoms with Crippen molar-refractivity contribution in [2.45, 2.75) is 18.1 Å². The van der Waals surface area contributed by atoms with Crippen LogP contribution in [0.15, 0.2) is 54.6 Å². The molecule has 2 aromatic carbocycles. The lowest BCUT2D eigenvalue weighted by molar-refractivity contribution is -0.0519. The van der Waals surface area contributed by atoms with Gasteiger partial charge in [-0.2, -0.15) is 0 Å². The highest BCUT2D eigenvalue weighted by molar-refractivity contribution is 5.44. The third-order valence-corrected chi connectivity index (χ3v) is 4.60. The predicted octanol–water partition coefficient (Wildman–Crippen LogP) is 3.34. The molecule has 2 heterocycles. The molecule has 0 aliphatic carbocycles. The van der Waals surface area contributed by atoms with Crippen LogP contribution in [0.3, 0.4) is 0 Å². The van der Waals surface area contributed by atoms with Gasteiger partial charge in [-0.25, -0.2) is 0 Å². The number of nitrogens with zero attached hydrogens (tertiary/aromatic N) is 1. The topological polar surface area (TPSA) is 12.5 Å². The van der Waals surface area contributed by atoms with Crippen LogP contribution in [-0.4, -0.2) is 25.0 Å². The van der Waals surface area contributed by atoms with E-state index in [0.717, 1.165) is 19.5 Å². The molecule has 1 saturated heterocycles. The first kappa shape index (κ1) is 12.1. The first-order valence-electron chi connectivity index (χ1n) is 7.29. The van der Waals surface area contributed by atoms with Gasteiger partial charge >= 0.3 is 0 Å². The summed E-state index contributed by atoms with van der Waals surface area (Å²) in [6.45, 7) is 2.10. The zero-order valence-electron chi connectivity index (χ0n) is 11.8. The second-order valence-electron chi connectivity index (χ2n) is 5.98. The van der Waals surface area contributed by atoms with Crippen LogP contribution in [0.2, 0.25) is 0 Å². The molecule has 4 rings (SSSR count). The van der Waals surface area contributed by atoms with Gasteiger partial charge in [0.1, 0.15) is 11.7 Å². The average Bonchev–Trinajstić information content (AvgIpc) is 3.03. The number of ether oxygens (including phenoxy) is 1. The van der Waals surface area contributed by atoms with Crippen LogP contribution in [0.5, 0.6) is 0 Å². The molecule has 0 aromatic heterocycles. The number of likely N-dealkylation sites (N-methyl/N-ethyl adjacent to an activating group) is 1. The van der Waals surface area contributed by atoms with Crippen molar-refractivity contribution < 1.29 is 4.74 Å². The summed E-state index contributed by atoms with van der Waals surface area (Å²) in [5.41, 5.74) is 3.88. The predicted molar refractivity (Wildman–Crippen MR) is 79.6 cm³/mol. The quantitative estimate of drug-likeness (QED) is 0.784. The van der Waals surface area contributed by atoms with Crippen molar-refractivity contribution in [2.75, 3.05) is 20.1 Å². The Hall–Kier alpha value is -1.64. The Bertz CT molecular complexity index is 624. The Balaban J connectivity index is 1.82. The van der Waals surface area contributed by atoms with Gasteiger partial charge in [0.25, 0.3) is 0 Å². The molecule has 2 atom stereocenters. The van der Waals surface area contributed by atoms with Gasteiger partial charge in [0.15, 0.2) is 0 Å². The van der Waals surface area contributed by atoms with Crippen LogP contribution in [0, 0.1) is 0 Å². The minimum atomic E-state index is -0.105. The molecule has 0 saturated carbocycles. The lowest BCUT2D eigenvalue weighted by atomic mass is 9.90. The number of fused-ring (bicyclic) bond motifs is 2. The summed E-state index contributed by atoms with van der Waals surface area (Å²) in [6.07, 6.45) is 1.17. The van der Waals surface area contributed by atoms with Crippen molar-refractivity contribution in [1.29, 1.82) is 0 Å². The summed E-state index contributed by atoms with van der Waals surface area (Å²) in [5, 5.41) is 0. The van der Waals surface area contributed by atoms with Crippen molar-refractivity contribution in [3.8, 4) is 0 Å². The van der Waals surface area contributed by atoms with Crippen LogP contribution in [-0.2, 0) is 10.3 Å². The first-order valence-corrected chi connectivity index (χ1v) is 7.29. The van der Waals surface area contributed by atoms with Gasteiger partial charge in [-0.05, 0) is 30.2 Å². The van der Waals surface area contributed by atoms with Gasteiger partial charge in [-0.15, -0.1) is 0 Å². The molecule has 1 fully saturated rings. The molecule has 2 aromatic rings. The van der Waals surface area contributed by atoms with E-state index < -0.39 is 0 Å². The second kappa shape index (κ2) is 4.44. The molecule has 2 aliphatic rings. The van der Waals surface area contributed by atoms with Crippen LogP contribution < -0.4 is 0 Å². The highest BCUT2D eigenvalue weighted by Crippen LogP contribution is 2.50. The highest BCUT2D eigenvalue weighted by Gasteiger charge is 2.48. The zero-order chi connectivity index (χ0) is 13.6. The molecule has 20 heavy (non-hydrogen) atoms. The monoisotopic (exact) mass is 265 g/mol. The smallest absolute Gasteiger partial charge is 0.109 e. The SMILES string of the molecule is CN1CCC2(C1)OC(c1ccccc1)c1ccccc12. The number of hydrogen-bond donors (Lipinski definition) is 0. The summed E-state index contributed by atoms with van der Waals surface area (Å²) in [7, 11) is 2.18. The number of benzene rings is 2. The maximum absolute atomic E-state index is 6.60. The van der Waals surface area contributed by atoms with E-state index in [0.29, 0.717) is 0 Å². The fourth-order valence-electron chi connectivity index (χ4n) is 3.65. The summed E-state index contributed by atoms with van der Waals surface area (Å²) in [5.74, 6) is 0. The molecule has 2 heteroatoms. The maximum atomic E-state index is 6.60. The van der Waals surface area contributed by atoms with E-state index in [1.165, 1.54) is 16.7 Å². The van der Waals surface area contributed by atoms with Crippen molar-refractivity contribution in [3.63, 3.8) is 0 Å². The second-order valence-corrected chi connectivity index (χ2v) is 5.98. The Labute approximate surface area is 120 Å². The lowest BCUT2D eigenvalue weighted by Crippen LogP contribution is -2.29. The number of rotatable bonds is 1. The zero-order valence-corrected chi connectivity index (χ0v) is 11.8. The molecule has 0 bridgehead atoms. The summed E-state index contributed by atoms with van der Waals surface area (Å²) in [6, 6.07) is 19.3. The van der Waals surface area contributed by atoms with Gasteiger partial charge in [-0.3, -0.25) is 0 Å². The standard InChI is InChI=1S/C18H19NO/c1-19-12-11-18(13-19)16-10-6-5-9-15(16)17(20-18)14-7-3-2-4-8-14/h2-10,17H,11-13H2,1H3. The van der Waals surface area contributed by atoms with Gasteiger partial charge in [0.05, 0.1) is 0 Å². The van der Waals surface area contributed by atoms with E-state index >= 15 is 0 Å². The van der Waals surface area contributed by atoms with Crippen molar-refractivity contribution >= 4 is 0 Å². The summed E-state index contributed by atoms with van der Waals surface area (Å²) >= 11 is 0. The van der Waals surface area contributed by atoms with Crippen molar-refractivity contribution in [1.82, 2.24) is 4.90 Å². The number of likely N-dealkylation sites (tertiary alicyclic amines) is 1. The molecule has 2 aliphatic heterocycles. The maximum Gasteiger partial charge on any atom is 0.109 e. The Kier molecular flexibility index (Phi) is 2.69. The van der Waals surface area contributed by atoms with E-state index in [-0.39, 0.29) is 11.7 Å². The molecule has 0 radical (unpaired) electrons. The van der Waals surface area contributed by atoms with E-state index in [9.17, 15) is 0 Å². The van der Waals surface area contributed by atoms with Gasteiger partial charge < -0.3 is 9.64 Å². The van der Waals surface area contributed by atoms with Crippen molar-refractivity contribution in [2.24, 2.45) is 0 Å². The molecule has 2 nitrogen and oxygen atoms in total. The Morgan fingerprint density at radius 2 is 1.80 bits per heavy atom. The largest absolute Gasteiger partial charge is 0.356 e. The molecular formula is C18H19NO. The molecule has 0 N–H and O–H groups in total. The van der Waals surface area contributed by atoms with Crippen LogP contribution >= 0.6 is 0 Å². The van der Waals surface area contributed by atoms with E-state index in [1.54, 1.807) is 0 Å². The lowest BCUT2D eigenvalue weighted by Gasteiger charge is -2.25. The molecule has 2 unspecified atom stereocenters. The minimum absolute atomic E-state index is 0.0823. The molecule has 1 spiro atoms. The highest BCUT2D eigenvalue weighted by atomic mass is 16.5. The molecule has 102 valence electrons. The van der Waals surface area contributed by atoms with Gasteiger partial charge in [0.2, 0.25) is 0 Å². The fourth-order valence-corrected chi connectivity index (χ4v) is 3.65. The Morgan fingerprint density at radius 3 is 2.55 bits per heavy atom. The van der Waals surface area contributed by atoms with E-state index in [4.69, 9.17) is 4.74 Å². The van der Waals surface area contributed by atoms with Crippen LogP contribution in [0.25, 0.3) is 0 Å². The third-order valence-electron chi connectivity index (χ3n) is 4.60.